The first-order valence-corrected chi connectivity index (χ1v) is 4.86. The minimum Gasteiger partial charge on any atom is -0.397 e. The summed E-state index contributed by atoms with van der Waals surface area (Å²) in [4.78, 5) is 14.9. The lowest BCUT2D eigenvalue weighted by Crippen LogP contribution is -2.21. The second-order valence-electron chi connectivity index (χ2n) is 2.95. The molecule has 6 heteroatoms. The van der Waals surface area contributed by atoms with Gasteiger partial charge in [0.2, 0.25) is 5.91 Å². The van der Waals surface area contributed by atoms with Crippen LogP contribution in [0.1, 0.15) is 6.42 Å². The molecule has 0 saturated heterocycles. The third-order valence-electron chi connectivity index (χ3n) is 1.79. The molecule has 0 spiro atoms. The zero-order chi connectivity index (χ0) is 11.3. The average Bonchev–Trinajstić information content (AvgIpc) is 2.21. The third kappa shape index (κ3) is 3.63. The van der Waals surface area contributed by atoms with Crippen LogP contribution in [0.5, 0.6) is 0 Å². The Kier molecular flexibility index (Phi) is 4.17. The summed E-state index contributed by atoms with van der Waals surface area (Å²) in [5.41, 5.74) is 6.00. The topological polar surface area (TPSA) is 80.0 Å². The highest BCUT2D eigenvalue weighted by molar-refractivity contribution is 6.33. The molecule has 0 saturated carbocycles. The molecule has 1 amide bonds. The Balaban J connectivity index is 2.47. The highest BCUT2D eigenvalue weighted by Gasteiger charge is 2.02. The number of rotatable bonds is 4. The molecule has 0 radical (unpaired) electrons. The van der Waals surface area contributed by atoms with Crippen LogP contribution in [0.4, 0.5) is 11.5 Å². The summed E-state index contributed by atoms with van der Waals surface area (Å²) < 4.78 is 0. The van der Waals surface area contributed by atoms with E-state index in [1.807, 2.05) is 0 Å². The van der Waals surface area contributed by atoms with Gasteiger partial charge in [-0.25, -0.2) is 4.98 Å². The van der Waals surface area contributed by atoms with Crippen molar-refractivity contribution >= 4 is 29.0 Å². The third-order valence-corrected chi connectivity index (χ3v) is 2.07. The second kappa shape index (κ2) is 5.41. The van der Waals surface area contributed by atoms with Gasteiger partial charge >= 0.3 is 0 Å². The van der Waals surface area contributed by atoms with Gasteiger partial charge in [-0.3, -0.25) is 4.79 Å². The standard InChI is InChI=1S/C9H13ClN4O/c1-12-8(15)2-3-13-9-7(10)4-6(11)5-14-9/h4-5H,2-3,11H2,1H3,(H,12,15)(H,13,14). The van der Waals surface area contributed by atoms with Gasteiger partial charge in [0.05, 0.1) is 16.9 Å². The molecule has 1 heterocycles. The van der Waals surface area contributed by atoms with Gasteiger partial charge in [0.25, 0.3) is 0 Å². The first-order valence-electron chi connectivity index (χ1n) is 4.49. The van der Waals surface area contributed by atoms with Crippen molar-refractivity contribution in [3.63, 3.8) is 0 Å². The van der Waals surface area contributed by atoms with E-state index in [1.165, 1.54) is 6.20 Å². The molecule has 0 aliphatic carbocycles. The number of carbonyl (C=O) groups is 1. The number of nitrogens with one attached hydrogen (secondary N) is 2. The molecule has 0 bridgehead atoms. The summed E-state index contributed by atoms with van der Waals surface area (Å²) in [6, 6.07) is 1.61. The van der Waals surface area contributed by atoms with E-state index in [0.717, 1.165) is 0 Å². The Morgan fingerprint density at radius 1 is 1.67 bits per heavy atom. The Morgan fingerprint density at radius 3 is 3.00 bits per heavy atom. The van der Waals surface area contributed by atoms with Gasteiger partial charge in [-0.2, -0.15) is 0 Å². The molecule has 1 aromatic rings. The maximum absolute atomic E-state index is 10.9. The number of hydrogen-bond donors (Lipinski definition) is 3. The van der Waals surface area contributed by atoms with Crippen molar-refractivity contribution in [2.24, 2.45) is 0 Å². The number of pyridine rings is 1. The summed E-state index contributed by atoms with van der Waals surface area (Å²) >= 11 is 5.87. The molecule has 0 aromatic carbocycles. The first-order chi connectivity index (χ1) is 7.13. The monoisotopic (exact) mass is 228 g/mol. The molecule has 0 fully saturated rings. The predicted octanol–water partition coefficient (Wildman–Crippen LogP) is 0.865. The van der Waals surface area contributed by atoms with Crippen molar-refractivity contribution in [1.29, 1.82) is 0 Å². The van der Waals surface area contributed by atoms with E-state index in [-0.39, 0.29) is 5.91 Å². The van der Waals surface area contributed by atoms with Gasteiger partial charge in [-0.1, -0.05) is 11.6 Å². The lowest BCUT2D eigenvalue weighted by molar-refractivity contribution is -0.120. The van der Waals surface area contributed by atoms with Gasteiger partial charge in [-0.15, -0.1) is 0 Å². The van der Waals surface area contributed by atoms with Crippen molar-refractivity contribution in [2.75, 3.05) is 24.6 Å². The van der Waals surface area contributed by atoms with Crippen LogP contribution in [0.2, 0.25) is 5.02 Å². The van der Waals surface area contributed by atoms with Crippen LogP contribution in [0, 0.1) is 0 Å². The molecule has 0 atom stereocenters. The van der Waals surface area contributed by atoms with Crippen molar-refractivity contribution in [3.8, 4) is 0 Å². The first kappa shape index (κ1) is 11.6. The van der Waals surface area contributed by atoms with Gasteiger partial charge in [0.15, 0.2) is 0 Å². The van der Waals surface area contributed by atoms with Crippen molar-refractivity contribution in [1.82, 2.24) is 10.3 Å². The fourth-order valence-electron chi connectivity index (χ4n) is 1.00. The molecule has 4 N–H and O–H groups in total. The van der Waals surface area contributed by atoms with E-state index >= 15 is 0 Å². The van der Waals surface area contributed by atoms with Crippen molar-refractivity contribution in [2.45, 2.75) is 6.42 Å². The maximum Gasteiger partial charge on any atom is 0.221 e. The van der Waals surface area contributed by atoms with Gasteiger partial charge in [0, 0.05) is 20.0 Å². The number of halogens is 1. The molecular weight excluding hydrogens is 216 g/mol. The van der Waals surface area contributed by atoms with Crippen molar-refractivity contribution < 1.29 is 4.79 Å². The lowest BCUT2D eigenvalue weighted by Gasteiger charge is -2.06. The summed E-state index contributed by atoms with van der Waals surface area (Å²) in [7, 11) is 1.59. The lowest BCUT2D eigenvalue weighted by atomic mass is 10.3. The number of nitrogens with zero attached hydrogens (tertiary/aromatic N) is 1. The normalized spacial score (nSPS) is 9.73. The second-order valence-corrected chi connectivity index (χ2v) is 3.36. The van der Waals surface area contributed by atoms with E-state index in [2.05, 4.69) is 15.6 Å². The highest BCUT2D eigenvalue weighted by atomic mass is 35.5. The number of amides is 1. The number of nitrogen functional groups attached to an aromatic ring is 1. The fraction of sp³-hybridized carbons (Fsp3) is 0.333. The van der Waals surface area contributed by atoms with E-state index in [4.69, 9.17) is 17.3 Å². The maximum atomic E-state index is 10.9. The highest BCUT2D eigenvalue weighted by Crippen LogP contribution is 2.20. The van der Waals surface area contributed by atoms with E-state index in [1.54, 1.807) is 13.1 Å². The zero-order valence-electron chi connectivity index (χ0n) is 8.38. The van der Waals surface area contributed by atoms with Gasteiger partial charge < -0.3 is 16.4 Å². The van der Waals surface area contributed by atoms with E-state index < -0.39 is 0 Å². The molecule has 1 rings (SSSR count). The largest absolute Gasteiger partial charge is 0.397 e. The van der Waals surface area contributed by atoms with Crippen LogP contribution in [-0.4, -0.2) is 24.5 Å². The van der Waals surface area contributed by atoms with Crippen LogP contribution in [0.25, 0.3) is 0 Å². The number of anilines is 2. The molecule has 1 aromatic heterocycles. The minimum absolute atomic E-state index is 0.0333. The average molecular weight is 229 g/mol. The summed E-state index contributed by atoms with van der Waals surface area (Å²) in [5.74, 6) is 0.504. The predicted molar refractivity (Wildman–Crippen MR) is 60.8 cm³/mol. The number of carbonyl (C=O) groups excluding carboxylic acids is 1. The Morgan fingerprint density at radius 2 is 2.40 bits per heavy atom. The molecular formula is C9H13ClN4O. The van der Waals surface area contributed by atoms with Crippen LogP contribution < -0.4 is 16.4 Å². The quantitative estimate of drug-likeness (QED) is 0.714. The zero-order valence-corrected chi connectivity index (χ0v) is 9.14. The molecule has 0 aliphatic rings. The minimum atomic E-state index is -0.0333. The molecule has 5 nitrogen and oxygen atoms in total. The molecule has 15 heavy (non-hydrogen) atoms. The summed E-state index contributed by atoms with van der Waals surface area (Å²) in [5, 5.41) is 5.92. The van der Waals surface area contributed by atoms with Crippen LogP contribution in [0.15, 0.2) is 12.3 Å². The Hall–Kier alpha value is -1.49. The number of nitrogens with two attached hydrogens (primary N) is 1. The van der Waals surface area contributed by atoms with Crippen LogP contribution in [-0.2, 0) is 4.79 Å². The van der Waals surface area contributed by atoms with Gasteiger partial charge in [-0.05, 0) is 6.07 Å². The molecule has 0 unspecified atom stereocenters. The molecule has 82 valence electrons. The summed E-state index contributed by atoms with van der Waals surface area (Å²) in [6.07, 6.45) is 1.88. The summed E-state index contributed by atoms with van der Waals surface area (Å²) in [6.45, 7) is 0.482. The smallest absolute Gasteiger partial charge is 0.221 e. The van der Waals surface area contributed by atoms with Crippen LogP contribution in [0.3, 0.4) is 0 Å². The van der Waals surface area contributed by atoms with Crippen LogP contribution >= 0.6 is 11.6 Å². The van der Waals surface area contributed by atoms with E-state index in [0.29, 0.717) is 29.5 Å². The Bertz CT molecular complexity index is 356. The number of aromatic nitrogens is 1. The van der Waals surface area contributed by atoms with Crippen molar-refractivity contribution in [3.05, 3.63) is 17.3 Å². The molecule has 0 aliphatic heterocycles. The van der Waals surface area contributed by atoms with Gasteiger partial charge in [0.1, 0.15) is 5.82 Å². The number of hydrogen-bond acceptors (Lipinski definition) is 4. The SMILES string of the molecule is CNC(=O)CCNc1ncc(N)cc1Cl. The Labute approximate surface area is 93.0 Å². The fourth-order valence-corrected chi connectivity index (χ4v) is 1.24. The van der Waals surface area contributed by atoms with E-state index in [9.17, 15) is 4.79 Å².